The molecule has 0 spiro atoms. The van der Waals surface area contributed by atoms with Crippen molar-refractivity contribution in [3.05, 3.63) is 58.4 Å². The van der Waals surface area contributed by atoms with Crippen LogP contribution in [0.5, 0.6) is 0 Å². The summed E-state index contributed by atoms with van der Waals surface area (Å²) in [6.07, 6.45) is 0. The summed E-state index contributed by atoms with van der Waals surface area (Å²) < 4.78 is 1.67. The van der Waals surface area contributed by atoms with E-state index in [-0.39, 0.29) is 12.3 Å². The molecule has 0 radical (unpaired) electrons. The van der Waals surface area contributed by atoms with Crippen molar-refractivity contribution in [3.8, 4) is 0 Å². The zero-order chi connectivity index (χ0) is 14.9. The molecule has 0 amide bonds. The van der Waals surface area contributed by atoms with Crippen molar-refractivity contribution < 1.29 is 14.7 Å². The van der Waals surface area contributed by atoms with Crippen LogP contribution in [0, 0.1) is 20.8 Å². The van der Waals surface area contributed by atoms with E-state index in [1.54, 1.807) is 23.6 Å². The van der Waals surface area contributed by atoms with Gasteiger partial charge in [0.15, 0.2) is 5.78 Å². The van der Waals surface area contributed by atoms with Crippen LogP contribution < -0.4 is 0 Å². The highest BCUT2D eigenvalue weighted by molar-refractivity contribution is 6.11. The third-order valence-electron chi connectivity index (χ3n) is 3.65. The van der Waals surface area contributed by atoms with Gasteiger partial charge in [-0.2, -0.15) is 0 Å². The number of aliphatic carboxylic acids is 1. The largest absolute Gasteiger partial charge is 0.480 e. The summed E-state index contributed by atoms with van der Waals surface area (Å²) in [5, 5.41) is 8.97. The highest BCUT2D eigenvalue weighted by atomic mass is 16.4. The maximum atomic E-state index is 12.6. The second-order valence-corrected chi connectivity index (χ2v) is 4.85. The normalized spacial score (nSPS) is 10.6. The van der Waals surface area contributed by atoms with Gasteiger partial charge in [-0.05, 0) is 26.3 Å². The Morgan fingerprint density at radius 3 is 2.20 bits per heavy atom. The van der Waals surface area contributed by atoms with Crippen molar-refractivity contribution in [2.24, 2.45) is 0 Å². The Hall–Kier alpha value is -2.36. The van der Waals surface area contributed by atoms with Gasteiger partial charge in [-0.15, -0.1) is 0 Å². The van der Waals surface area contributed by atoms with Crippen molar-refractivity contribution in [1.82, 2.24) is 4.57 Å². The number of carbonyl (C=O) groups is 2. The van der Waals surface area contributed by atoms with Gasteiger partial charge in [0, 0.05) is 22.5 Å². The maximum Gasteiger partial charge on any atom is 0.323 e. The molecule has 0 bridgehead atoms. The molecule has 1 N–H and O–H groups in total. The van der Waals surface area contributed by atoms with E-state index >= 15 is 0 Å². The molecule has 0 unspecified atom stereocenters. The van der Waals surface area contributed by atoms with Crippen LogP contribution in [0.4, 0.5) is 0 Å². The van der Waals surface area contributed by atoms with Crippen LogP contribution in [-0.2, 0) is 11.3 Å². The monoisotopic (exact) mass is 271 g/mol. The van der Waals surface area contributed by atoms with E-state index in [9.17, 15) is 9.59 Å². The Balaban J connectivity index is 2.53. The second-order valence-electron chi connectivity index (χ2n) is 4.85. The number of carbonyl (C=O) groups excluding carboxylic acids is 1. The molecule has 0 aliphatic carbocycles. The van der Waals surface area contributed by atoms with Crippen LogP contribution in [0.25, 0.3) is 0 Å². The summed E-state index contributed by atoms with van der Waals surface area (Å²) in [5.41, 5.74) is 3.60. The maximum absolute atomic E-state index is 12.6. The molecule has 4 heteroatoms. The summed E-state index contributed by atoms with van der Waals surface area (Å²) >= 11 is 0. The van der Waals surface area contributed by atoms with Crippen LogP contribution in [0.2, 0.25) is 0 Å². The molecule has 0 atom stereocenters. The third kappa shape index (κ3) is 2.37. The Labute approximate surface area is 117 Å². The topological polar surface area (TPSA) is 59.3 Å². The minimum atomic E-state index is -0.912. The molecule has 0 fully saturated rings. The average molecular weight is 271 g/mol. The van der Waals surface area contributed by atoms with Gasteiger partial charge < -0.3 is 9.67 Å². The molecule has 1 aromatic carbocycles. The Morgan fingerprint density at radius 2 is 1.65 bits per heavy atom. The summed E-state index contributed by atoms with van der Waals surface area (Å²) in [6, 6.07) is 9.03. The van der Waals surface area contributed by atoms with E-state index in [0.717, 1.165) is 11.3 Å². The summed E-state index contributed by atoms with van der Waals surface area (Å²) in [5.74, 6) is -0.974. The van der Waals surface area contributed by atoms with Crippen LogP contribution in [0.15, 0.2) is 30.3 Å². The van der Waals surface area contributed by atoms with Gasteiger partial charge in [0.25, 0.3) is 0 Å². The zero-order valence-corrected chi connectivity index (χ0v) is 11.8. The number of nitrogens with zero attached hydrogens (tertiary/aromatic N) is 1. The lowest BCUT2D eigenvalue weighted by molar-refractivity contribution is -0.137. The number of carboxylic acid groups (broad SMARTS) is 1. The highest BCUT2D eigenvalue weighted by Crippen LogP contribution is 2.24. The van der Waals surface area contributed by atoms with Crippen LogP contribution in [0.3, 0.4) is 0 Å². The first-order valence-corrected chi connectivity index (χ1v) is 6.41. The fourth-order valence-electron chi connectivity index (χ4n) is 2.48. The van der Waals surface area contributed by atoms with E-state index in [0.29, 0.717) is 16.8 Å². The number of hydrogen-bond donors (Lipinski definition) is 1. The lowest BCUT2D eigenvalue weighted by Crippen LogP contribution is -2.12. The molecule has 2 rings (SSSR count). The number of rotatable bonds is 4. The minimum Gasteiger partial charge on any atom is -0.480 e. The molecule has 0 saturated carbocycles. The molecule has 0 aliphatic rings. The molecule has 2 aromatic rings. The summed E-state index contributed by atoms with van der Waals surface area (Å²) in [6.45, 7) is 5.36. The van der Waals surface area contributed by atoms with Crippen molar-refractivity contribution in [2.75, 3.05) is 0 Å². The van der Waals surface area contributed by atoms with Crippen LogP contribution >= 0.6 is 0 Å². The smallest absolute Gasteiger partial charge is 0.323 e. The van der Waals surface area contributed by atoms with E-state index in [1.165, 1.54) is 0 Å². The fourth-order valence-corrected chi connectivity index (χ4v) is 2.48. The molecular formula is C16H17NO3. The first-order valence-electron chi connectivity index (χ1n) is 6.41. The molecule has 0 aliphatic heterocycles. The van der Waals surface area contributed by atoms with Crippen molar-refractivity contribution in [3.63, 3.8) is 0 Å². The number of ketones is 1. The predicted molar refractivity (Wildman–Crippen MR) is 76.2 cm³/mol. The number of benzene rings is 1. The van der Waals surface area contributed by atoms with Gasteiger partial charge in [-0.25, -0.2) is 0 Å². The van der Waals surface area contributed by atoms with E-state index < -0.39 is 5.97 Å². The van der Waals surface area contributed by atoms with E-state index in [2.05, 4.69) is 0 Å². The molecule has 1 aromatic heterocycles. The number of hydrogen-bond acceptors (Lipinski definition) is 2. The van der Waals surface area contributed by atoms with Crippen LogP contribution in [-0.4, -0.2) is 21.4 Å². The fraction of sp³-hybridized carbons (Fsp3) is 0.250. The SMILES string of the molecule is Cc1c(C(=O)c2ccccc2)c(C)n(CC(=O)O)c1C. The second kappa shape index (κ2) is 5.33. The summed E-state index contributed by atoms with van der Waals surface area (Å²) in [7, 11) is 0. The predicted octanol–water partition coefficient (Wildman–Crippen LogP) is 2.73. The first-order chi connectivity index (χ1) is 9.43. The number of carboxylic acids is 1. The van der Waals surface area contributed by atoms with Gasteiger partial charge in [0.2, 0.25) is 0 Å². The Bertz CT molecular complexity index is 669. The molecule has 4 nitrogen and oxygen atoms in total. The summed E-state index contributed by atoms with van der Waals surface area (Å²) in [4.78, 5) is 23.5. The average Bonchev–Trinajstić information content (AvgIpc) is 2.63. The Kier molecular flexibility index (Phi) is 3.74. The van der Waals surface area contributed by atoms with Crippen molar-refractivity contribution >= 4 is 11.8 Å². The van der Waals surface area contributed by atoms with Gasteiger partial charge in [-0.3, -0.25) is 9.59 Å². The van der Waals surface area contributed by atoms with Gasteiger partial charge in [0.05, 0.1) is 0 Å². The molecule has 20 heavy (non-hydrogen) atoms. The standard InChI is InChI=1S/C16H17NO3/c1-10-11(2)17(9-14(18)19)12(3)15(10)16(20)13-7-5-4-6-8-13/h4-8H,9H2,1-3H3,(H,18,19). The third-order valence-corrected chi connectivity index (χ3v) is 3.65. The molecular weight excluding hydrogens is 254 g/mol. The molecule has 1 heterocycles. The van der Waals surface area contributed by atoms with Gasteiger partial charge >= 0.3 is 5.97 Å². The quantitative estimate of drug-likeness (QED) is 0.870. The minimum absolute atomic E-state index is 0.0622. The van der Waals surface area contributed by atoms with Gasteiger partial charge in [0.1, 0.15) is 6.54 Å². The van der Waals surface area contributed by atoms with Crippen molar-refractivity contribution in [1.29, 1.82) is 0 Å². The highest BCUT2D eigenvalue weighted by Gasteiger charge is 2.22. The van der Waals surface area contributed by atoms with Crippen molar-refractivity contribution in [2.45, 2.75) is 27.3 Å². The Morgan fingerprint density at radius 1 is 1.05 bits per heavy atom. The molecule has 0 saturated heterocycles. The van der Waals surface area contributed by atoms with Crippen LogP contribution in [0.1, 0.15) is 32.9 Å². The van der Waals surface area contributed by atoms with Gasteiger partial charge in [-0.1, -0.05) is 30.3 Å². The van der Waals surface area contributed by atoms with E-state index in [4.69, 9.17) is 5.11 Å². The van der Waals surface area contributed by atoms with E-state index in [1.807, 2.05) is 32.0 Å². The lowest BCUT2D eigenvalue weighted by Gasteiger charge is -2.06. The molecule has 104 valence electrons. The lowest BCUT2D eigenvalue weighted by atomic mass is 10.00. The first kappa shape index (κ1) is 14.1. The zero-order valence-electron chi connectivity index (χ0n) is 11.8. The number of aromatic nitrogens is 1.